The lowest BCUT2D eigenvalue weighted by atomic mass is 9.96. The minimum atomic E-state index is -2.68. The van der Waals surface area contributed by atoms with Gasteiger partial charge in [0.25, 0.3) is 0 Å². The van der Waals surface area contributed by atoms with Gasteiger partial charge in [0, 0.05) is 6.04 Å². The Bertz CT molecular complexity index is 295. The predicted molar refractivity (Wildman–Crippen MR) is 56.9 cm³/mol. The lowest BCUT2D eigenvalue weighted by molar-refractivity contribution is 0.393. The monoisotopic (exact) mass is 217 g/mol. The Kier molecular flexibility index (Phi) is 2.84. The molecule has 1 heterocycles. The summed E-state index contributed by atoms with van der Waals surface area (Å²) in [4.78, 5) is 0. The van der Waals surface area contributed by atoms with Crippen molar-refractivity contribution < 1.29 is 8.42 Å². The van der Waals surface area contributed by atoms with Gasteiger partial charge in [0.2, 0.25) is 0 Å². The van der Waals surface area contributed by atoms with Crippen molar-refractivity contribution in [3.05, 3.63) is 0 Å². The largest absolute Gasteiger partial charge is 0.317 e. The molecule has 0 bridgehead atoms. The second-order valence-electron chi connectivity index (χ2n) is 4.74. The van der Waals surface area contributed by atoms with Crippen molar-refractivity contribution in [1.29, 1.82) is 0 Å². The molecule has 2 rings (SSSR count). The molecule has 2 aliphatic rings. The molecule has 0 amide bonds. The van der Waals surface area contributed by atoms with Gasteiger partial charge < -0.3 is 5.32 Å². The van der Waals surface area contributed by atoms with Crippen LogP contribution in [0.4, 0.5) is 0 Å². The smallest absolute Gasteiger partial charge is 0.150 e. The summed E-state index contributed by atoms with van der Waals surface area (Å²) in [5.41, 5.74) is 0. The zero-order valence-corrected chi connectivity index (χ0v) is 9.52. The zero-order chi connectivity index (χ0) is 10.2. The highest BCUT2D eigenvalue weighted by Gasteiger charge is 2.35. The van der Waals surface area contributed by atoms with Crippen molar-refractivity contribution in [2.75, 3.05) is 18.6 Å². The van der Waals surface area contributed by atoms with E-state index < -0.39 is 9.84 Å². The Hall–Kier alpha value is -0.0900. The fraction of sp³-hybridized carbons (Fsp3) is 1.00. The Morgan fingerprint density at radius 3 is 2.50 bits per heavy atom. The maximum atomic E-state index is 11.3. The molecule has 0 aromatic rings. The molecule has 2 fully saturated rings. The SMILES string of the molecule is CNC(CC1CCS(=O)(=O)C1)C1CC1. The molecule has 0 radical (unpaired) electrons. The maximum absolute atomic E-state index is 11.3. The van der Waals surface area contributed by atoms with Crippen LogP contribution in [0.2, 0.25) is 0 Å². The highest BCUT2D eigenvalue weighted by Crippen LogP contribution is 2.36. The minimum Gasteiger partial charge on any atom is -0.317 e. The molecule has 4 heteroatoms. The molecule has 1 N–H and O–H groups in total. The molecule has 1 aliphatic heterocycles. The number of sulfone groups is 1. The quantitative estimate of drug-likeness (QED) is 0.758. The Morgan fingerprint density at radius 2 is 2.07 bits per heavy atom. The summed E-state index contributed by atoms with van der Waals surface area (Å²) in [5, 5.41) is 3.32. The van der Waals surface area contributed by atoms with E-state index in [9.17, 15) is 8.42 Å². The number of hydrogen-bond acceptors (Lipinski definition) is 3. The summed E-state index contributed by atoms with van der Waals surface area (Å²) >= 11 is 0. The second-order valence-corrected chi connectivity index (χ2v) is 6.97. The van der Waals surface area contributed by atoms with Gasteiger partial charge in [-0.2, -0.15) is 0 Å². The first kappa shape index (κ1) is 10.4. The van der Waals surface area contributed by atoms with Crippen LogP contribution in [-0.4, -0.2) is 33.0 Å². The van der Waals surface area contributed by atoms with E-state index in [0.717, 1.165) is 18.8 Å². The molecule has 0 spiro atoms. The predicted octanol–water partition coefficient (Wildman–Crippen LogP) is 0.809. The molecule has 14 heavy (non-hydrogen) atoms. The average molecular weight is 217 g/mol. The molecule has 2 unspecified atom stereocenters. The van der Waals surface area contributed by atoms with E-state index >= 15 is 0 Å². The maximum Gasteiger partial charge on any atom is 0.150 e. The third-order valence-electron chi connectivity index (χ3n) is 3.48. The molecule has 1 saturated heterocycles. The molecule has 1 saturated carbocycles. The van der Waals surface area contributed by atoms with Crippen LogP contribution in [0.1, 0.15) is 25.7 Å². The fourth-order valence-corrected chi connectivity index (χ4v) is 4.34. The molecule has 1 aliphatic carbocycles. The van der Waals surface area contributed by atoms with E-state index in [-0.39, 0.29) is 0 Å². The van der Waals surface area contributed by atoms with Crippen molar-refractivity contribution in [2.24, 2.45) is 11.8 Å². The van der Waals surface area contributed by atoms with E-state index in [1.807, 2.05) is 7.05 Å². The summed E-state index contributed by atoms with van der Waals surface area (Å²) in [5.74, 6) is 2.08. The average Bonchev–Trinajstić information content (AvgIpc) is 2.88. The van der Waals surface area contributed by atoms with Crippen LogP contribution in [0.3, 0.4) is 0 Å². The summed E-state index contributed by atoms with van der Waals surface area (Å²) in [6.07, 6.45) is 4.59. The first-order valence-electron chi connectivity index (χ1n) is 5.48. The number of rotatable bonds is 4. The van der Waals surface area contributed by atoms with E-state index in [4.69, 9.17) is 0 Å². The summed E-state index contributed by atoms with van der Waals surface area (Å²) in [6, 6.07) is 0.563. The normalized spacial score (nSPS) is 33.1. The van der Waals surface area contributed by atoms with Gasteiger partial charge in [0.15, 0.2) is 9.84 Å². The van der Waals surface area contributed by atoms with Crippen molar-refractivity contribution in [3.63, 3.8) is 0 Å². The van der Waals surface area contributed by atoms with Crippen molar-refractivity contribution >= 4 is 9.84 Å². The van der Waals surface area contributed by atoms with Crippen LogP contribution in [-0.2, 0) is 9.84 Å². The first-order valence-corrected chi connectivity index (χ1v) is 7.30. The van der Waals surface area contributed by atoms with E-state index in [1.54, 1.807) is 0 Å². The number of hydrogen-bond donors (Lipinski definition) is 1. The number of nitrogens with one attached hydrogen (secondary N) is 1. The van der Waals surface area contributed by atoms with Crippen molar-refractivity contribution in [3.8, 4) is 0 Å². The van der Waals surface area contributed by atoms with Crippen molar-refractivity contribution in [2.45, 2.75) is 31.7 Å². The van der Waals surface area contributed by atoms with Crippen LogP contribution in [0.5, 0.6) is 0 Å². The minimum absolute atomic E-state index is 0.415. The molecular formula is C10H19NO2S. The summed E-state index contributed by atoms with van der Waals surface area (Å²) in [7, 11) is -0.690. The van der Waals surface area contributed by atoms with E-state index in [1.165, 1.54) is 12.8 Å². The summed E-state index contributed by atoms with van der Waals surface area (Å²) in [6.45, 7) is 0. The van der Waals surface area contributed by atoms with Gasteiger partial charge >= 0.3 is 0 Å². The first-order chi connectivity index (χ1) is 6.61. The van der Waals surface area contributed by atoms with Gasteiger partial charge in [-0.25, -0.2) is 8.42 Å². The van der Waals surface area contributed by atoms with Gasteiger partial charge in [-0.3, -0.25) is 0 Å². The zero-order valence-electron chi connectivity index (χ0n) is 8.70. The Labute approximate surface area is 86.2 Å². The van der Waals surface area contributed by atoms with E-state index in [2.05, 4.69) is 5.32 Å². The van der Waals surface area contributed by atoms with Gasteiger partial charge in [-0.15, -0.1) is 0 Å². The highest BCUT2D eigenvalue weighted by atomic mass is 32.2. The molecule has 82 valence electrons. The summed E-state index contributed by atoms with van der Waals surface area (Å²) < 4.78 is 22.6. The van der Waals surface area contributed by atoms with Crippen LogP contribution in [0.25, 0.3) is 0 Å². The molecule has 3 nitrogen and oxygen atoms in total. The van der Waals surface area contributed by atoms with Crippen LogP contribution >= 0.6 is 0 Å². The third kappa shape index (κ3) is 2.48. The Balaban J connectivity index is 1.85. The fourth-order valence-electron chi connectivity index (χ4n) is 2.46. The standard InChI is InChI=1S/C10H19NO2S/c1-11-10(9-2-3-9)6-8-4-5-14(12,13)7-8/h8-11H,2-7H2,1H3. The highest BCUT2D eigenvalue weighted by molar-refractivity contribution is 7.91. The van der Waals surface area contributed by atoms with Crippen LogP contribution < -0.4 is 5.32 Å². The van der Waals surface area contributed by atoms with Gasteiger partial charge in [0.05, 0.1) is 11.5 Å². The molecule has 2 atom stereocenters. The molecular weight excluding hydrogens is 198 g/mol. The van der Waals surface area contributed by atoms with Crippen molar-refractivity contribution in [1.82, 2.24) is 5.32 Å². The molecule has 0 aromatic carbocycles. The lowest BCUT2D eigenvalue weighted by Crippen LogP contribution is -2.30. The van der Waals surface area contributed by atoms with Crippen LogP contribution in [0.15, 0.2) is 0 Å². The lowest BCUT2D eigenvalue weighted by Gasteiger charge is -2.18. The topological polar surface area (TPSA) is 46.2 Å². The van der Waals surface area contributed by atoms with Gasteiger partial charge in [-0.1, -0.05) is 0 Å². The van der Waals surface area contributed by atoms with E-state index in [0.29, 0.717) is 23.5 Å². The van der Waals surface area contributed by atoms with Gasteiger partial charge in [0.1, 0.15) is 0 Å². The Morgan fingerprint density at radius 1 is 1.36 bits per heavy atom. The van der Waals surface area contributed by atoms with Gasteiger partial charge in [-0.05, 0) is 44.6 Å². The van der Waals surface area contributed by atoms with Crippen LogP contribution in [0, 0.1) is 11.8 Å². The third-order valence-corrected chi connectivity index (χ3v) is 5.31. The molecule has 0 aromatic heterocycles. The second kappa shape index (κ2) is 3.81.